The molecular weight excluding hydrogens is 246 g/mol. The normalized spacial score (nSPS) is 17.6. The summed E-state index contributed by atoms with van der Waals surface area (Å²) < 4.78 is 0. The predicted molar refractivity (Wildman–Crippen MR) is 73.4 cm³/mol. The van der Waals surface area contributed by atoms with Gasteiger partial charge in [0.25, 0.3) is 0 Å². The lowest BCUT2D eigenvalue weighted by molar-refractivity contribution is -0.124. The zero-order valence-corrected chi connectivity index (χ0v) is 12.0. The molecule has 0 saturated heterocycles. The summed E-state index contributed by atoms with van der Waals surface area (Å²) in [6.45, 7) is 6.38. The molecule has 2 rings (SSSR count). The zero-order chi connectivity index (χ0) is 13.3. The Morgan fingerprint density at radius 1 is 1.61 bits per heavy atom. The molecule has 0 aliphatic heterocycles. The Labute approximate surface area is 112 Å². The summed E-state index contributed by atoms with van der Waals surface area (Å²) in [7, 11) is 0. The van der Waals surface area contributed by atoms with E-state index in [9.17, 15) is 4.79 Å². The molecule has 0 bridgehead atoms. The van der Waals surface area contributed by atoms with Gasteiger partial charge in [-0.25, -0.2) is 4.98 Å². The first-order valence-corrected chi connectivity index (χ1v) is 7.23. The SMILES string of the molecule is CC(C)(C)[C@H](N)C(=O)NCc1nc(C2CC2)cs1. The average Bonchev–Trinajstić information content (AvgIpc) is 3.04. The van der Waals surface area contributed by atoms with E-state index in [4.69, 9.17) is 5.73 Å². The Kier molecular flexibility index (Phi) is 3.73. The number of nitrogens with zero attached hydrogens (tertiary/aromatic N) is 1. The van der Waals surface area contributed by atoms with Gasteiger partial charge in [-0.3, -0.25) is 4.79 Å². The minimum absolute atomic E-state index is 0.106. The van der Waals surface area contributed by atoms with Crippen LogP contribution in [-0.4, -0.2) is 16.9 Å². The van der Waals surface area contributed by atoms with E-state index >= 15 is 0 Å². The third-order valence-electron chi connectivity index (χ3n) is 3.19. The van der Waals surface area contributed by atoms with Gasteiger partial charge in [-0.15, -0.1) is 11.3 Å². The number of hydrogen-bond donors (Lipinski definition) is 2. The van der Waals surface area contributed by atoms with Gasteiger partial charge in [0, 0.05) is 11.3 Å². The largest absolute Gasteiger partial charge is 0.348 e. The maximum Gasteiger partial charge on any atom is 0.237 e. The fraction of sp³-hybridized carbons (Fsp3) is 0.692. The van der Waals surface area contributed by atoms with Crippen LogP contribution in [0.4, 0.5) is 0 Å². The van der Waals surface area contributed by atoms with Crippen molar-refractivity contribution in [3.63, 3.8) is 0 Å². The van der Waals surface area contributed by atoms with Crippen molar-refractivity contribution in [3.8, 4) is 0 Å². The van der Waals surface area contributed by atoms with Gasteiger partial charge in [0.1, 0.15) is 5.01 Å². The van der Waals surface area contributed by atoms with E-state index in [1.54, 1.807) is 11.3 Å². The van der Waals surface area contributed by atoms with Crippen LogP contribution < -0.4 is 11.1 Å². The molecular formula is C13H21N3OS. The van der Waals surface area contributed by atoms with E-state index in [1.165, 1.54) is 18.5 Å². The monoisotopic (exact) mass is 267 g/mol. The van der Waals surface area contributed by atoms with E-state index in [0.29, 0.717) is 12.5 Å². The second kappa shape index (κ2) is 4.97. The van der Waals surface area contributed by atoms with Gasteiger partial charge >= 0.3 is 0 Å². The molecule has 1 aromatic rings. The van der Waals surface area contributed by atoms with Crippen molar-refractivity contribution < 1.29 is 4.79 Å². The first-order valence-electron chi connectivity index (χ1n) is 6.35. The number of thiazole rings is 1. The van der Waals surface area contributed by atoms with Crippen LogP contribution in [0, 0.1) is 5.41 Å². The molecule has 0 spiro atoms. The Bertz CT molecular complexity index is 432. The van der Waals surface area contributed by atoms with Gasteiger partial charge in [0.05, 0.1) is 18.3 Å². The topological polar surface area (TPSA) is 68.0 Å². The van der Waals surface area contributed by atoms with Crippen molar-refractivity contribution in [1.29, 1.82) is 0 Å². The molecule has 0 unspecified atom stereocenters. The molecule has 1 heterocycles. The second-order valence-corrected chi connectivity index (χ2v) is 6.94. The molecule has 0 aromatic carbocycles. The summed E-state index contributed by atoms with van der Waals surface area (Å²) >= 11 is 1.61. The van der Waals surface area contributed by atoms with Crippen LogP contribution in [0.5, 0.6) is 0 Å². The molecule has 100 valence electrons. The van der Waals surface area contributed by atoms with Crippen LogP contribution in [0.2, 0.25) is 0 Å². The van der Waals surface area contributed by atoms with Gasteiger partial charge in [0.2, 0.25) is 5.91 Å². The Morgan fingerprint density at radius 3 is 2.83 bits per heavy atom. The van der Waals surface area contributed by atoms with Crippen molar-refractivity contribution in [1.82, 2.24) is 10.3 Å². The van der Waals surface area contributed by atoms with E-state index in [1.807, 2.05) is 20.8 Å². The maximum atomic E-state index is 11.9. The second-order valence-electron chi connectivity index (χ2n) is 6.00. The number of nitrogens with two attached hydrogens (primary N) is 1. The van der Waals surface area contributed by atoms with Gasteiger partial charge in [-0.05, 0) is 18.3 Å². The molecule has 1 aromatic heterocycles. The molecule has 4 nitrogen and oxygen atoms in total. The maximum absolute atomic E-state index is 11.9. The number of aromatic nitrogens is 1. The third kappa shape index (κ3) is 3.29. The van der Waals surface area contributed by atoms with E-state index in [-0.39, 0.29) is 11.3 Å². The molecule has 0 radical (unpaired) electrons. The Balaban J connectivity index is 1.84. The van der Waals surface area contributed by atoms with Crippen molar-refractivity contribution >= 4 is 17.2 Å². The summed E-state index contributed by atoms with van der Waals surface area (Å²) in [5.74, 6) is 0.563. The van der Waals surface area contributed by atoms with Crippen LogP contribution in [0.1, 0.15) is 50.2 Å². The molecule has 18 heavy (non-hydrogen) atoms. The number of carbonyl (C=O) groups is 1. The summed E-state index contributed by atoms with van der Waals surface area (Å²) in [5, 5.41) is 5.93. The average molecular weight is 267 g/mol. The highest BCUT2D eigenvalue weighted by molar-refractivity contribution is 7.09. The van der Waals surface area contributed by atoms with Crippen LogP contribution in [0.15, 0.2) is 5.38 Å². The van der Waals surface area contributed by atoms with Gasteiger partial charge in [0.15, 0.2) is 0 Å². The van der Waals surface area contributed by atoms with Crippen LogP contribution in [-0.2, 0) is 11.3 Å². The van der Waals surface area contributed by atoms with Crippen LogP contribution in [0.25, 0.3) is 0 Å². The highest BCUT2D eigenvalue weighted by atomic mass is 32.1. The highest BCUT2D eigenvalue weighted by Crippen LogP contribution is 2.40. The van der Waals surface area contributed by atoms with Crippen molar-refractivity contribution in [3.05, 3.63) is 16.1 Å². The van der Waals surface area contributed by atoms with Crippen molar-refractivity contribution in [2.24, 2.45) is 11.1 Å². The summed E-state index contributed by atoms with van der Waals surface area (Å²) in [5.41, 5.74) is 6.86. The number of amides is 1. The Hall–Kier alpha value is -0.940. The third-order valence-corrected chi connectivity index (χ3v) is 4.06. The summed E-state index contributed by atoms with van der Waals surface area (Å²) in [6.07, 6.45) is 2.51. The fourth-order valence-electron chi connectivity index (χ4n) is 1.64. The molecule has 5 heteroatoms. The van der Waals surface area contributed by atoms with Crippen LogP contribution >= 0.6 is 11.3 Å². The summed E-state index contributed by atoms with van der Waals surface area (Å²) in [6, 6.07) is -0.486. The standard InChI is InChI=1S/C13H21N3OS/c1-13(2,3)11(14)12(17)15-6-10-16-9(7-18-10)8-4-5-8/h7-8,11H,4-6,14H2,1-3H3,(H,15,17)/t11-/m1/s1. The van der Waals surface area contributed by atoms with Gasteiger partial charge < -0.3 is 11.1 Å². The molecule has 3 N–H and O–H groups in total. The molecule has 1 aliphatic rings. The minimum Gasteiger partial charge on any atom is -0.348 e. The number of carbonyl (C=O) groups excluding carboxylic acids is 1. The lowest BCUT2D eigenvalue weighted by Gasteiger charge is -2.25. The van der Waals surface area contributed by atoms with Crippen molar-refractivity contribution in [2.45, 2.75) is 52.1 Å². The first-order chi connectivity index (χ1) is 8.38. The predicted octanol–water partition coefficient (Wildman–Crippen LogP) is 2.01. The number of nitrogens with one attached hydrogen (secondary N) is 1. The molecule has 1 atom stereocenters. The van der Waals surface area contributed by atoms with Gasteiger partial charge in [-0.2, -0.15) is 0 Å². The smallest absolute Gasteiger partial charge is 0.237 e. The summed E-state index contributed by atoms with van der Waals surface area (Å²) in [4.78, 5) is 16.4. The van der Waals surface area contributed by atoms with E-state index in [2.05, 4.69) is 15.7 Å². The molecule has 1 aliphatic carbocycles. The molecule has 1 fully saturated rings. The Morgan fingerprint density at radius 2 is 2.28 bits per heavy atom. The number of rotatable bonds is 4. The van der Waals surface area contributed by atoms with Gasteiger partial charge in [-0.1, -0.05) is 20.8 Å². The lowest BCUT2D eigenvalue weighted by atomic mass is 9.87. The van der Waals surface area contributed by atoms with E-state index in [0.717, 1.165) is 5.01 Å². The quantitative estimate of drug-likeness (QED) is 0.877. The van der Waals surface area contributed by atoms with Crippen LogP contribution in [0.3, 0.4) is 0 Å². The fourth-order valence-corrected chi connectivity index (χ4v) is 2.45. The first kappa shape index (κ1) is 13.5. The molecule has 1 amide bonds. The lowest BCUT2D eigenvalue weighted by Crippen LogP contribution is -2.48. The van der Waals surface area contributed by atoms with E-state index < -0.39 is 6.04 Å². The molecule has 1 saturated carbocycles. The minimum atomic E-state index is -0.486. The number of hydrogen-bond acceptors (Lipinski definition) is 4. The van der Waals surface area contributed by atoms with Crippen molar-refractivity contribution in [2.75, 3.05) is 0 Å². The highest BCUT2D eigenvalue weighted by Gasteiger charge is 2.28. The zero-order valence-electron chi connectivity index (χ0n) is 11.2.